The Labute approximate surface area is 84.9 Å². The number of fused-ring (bicyclic) bond motifs is 1. The Morgan fingerprint density at radius 1 is 1.57 bits per heavy atom. The Balaban J connectivity index is 2.79. The van der Waals surface area contributed by atoms with E-state index in [4.69, 9.17) is 0 Å². The number of nitrogens with zero attached hydrogens (tertiary/aromatic N) is 3. The van der Waals surface area contributed by atoms with Crippen molar-refractivity contribution in [3.05, 3.63) is 24.1 Å². The molecule has 0 atom stereocenters. The first kappa shape index (κ1) is 8.99. The number of thiocarbonyl (C=S) groups is 1. The molecular formula is C9H6FN3S. The second-order valence-corrected chi connectivity index (χ2v) is 3.02. The first-order chi connectivity index (χ1) is 6.72. The third-order valence-electron chi connectivity index (χ3n) is 1.88. The number of benzene rings is 1. The van der Waals surface area contributed by atoms with Gasteiger partial charge in [0.05, 0.1) is 16.1 Å². The fraction of sp³-hybridized carbons (Fsp3) is 0.111. The lowest BCUT2D eigenvalue weighted by Gasteiger charge is -1.94. The number of aryl methyl sites for hydroxylation is 1. The maximum Gasteiger partial charge on any atom is 0.160 e. The van der Waals surface area contributed by atoms with Crippen molar-refractivity contribution in [2.45, 2.75) is 0 Å². The van der Waals surface area contributed by atoms with Gasteiger partial charge in [-0.15, -0.1) is 0 Å². The van der Waals surface area contributed by atoms with Crippen molar-refractivity contribution in [3.8, 4) is 0 Å². The van der Waals surface area contributed by atoms with Crippen LogP contribution in [0.1, 0.15) is 0 Å². The Morgan fingerprint density at radius 2 is 2.36 bits per heavy atom. The zero-order valence-corrected chi connectivity index (χ0v) is 8.18. The number of hydrogen-bond donors (Lipinski definition) is 0. The summed E-state index contributed by atoms with van der Waals surface area (Å²) in [7, 11) is 1.74. The van der Waals surface area contributed by atoms with Gasteiger partial charge in [0.2, 0.25) is 0 Å². The quantitative estimate of drug-likeness (QED) is 0.531. The molecule has 0 radical (unpaired) electrons. The van der Waals surface area contributed by atoms with E-state index in [9.17, 15) is 4.39 Å². The molecule has 0 N–H and O–H groups in total. The van der Waals surface area contributed by atoms with Gasteiger partial charge in [0, 0.05) is 13.2 Å². The molecule has 5 heteroatoms. The van der Waals surface area contributed by atoms with Gasteiger partial charge in [-0.3, -0.25) is 4.68 Å². The number of halogens is 1. The summed E-state index contributed by atoms with van der Waals surface area (Å²) in [5.41, 5.74) is 0.800. The third kappa shape index (κ3) is 1.32. The normalized spacial score (nSPS) is 10.1. The summed E-state index contributed by atoms with van der Waals surface area (Å²) in [4.78, 5) is 3.62. The van der Waals surface area contributed by atoms with Gasteiger partial charge >= 0.3 is 0 Å². The Hall–Kier alpha value is -1.58. The lowest BCUT2D eigenvalue weighted by molar-refractivity contribution is 0.641. The van der Waals surface area contributed by atoms with Crippen molar-refractivity contribution in [1.29, 1.82) is 0 Å². The van der Waals surface area contributed by atoms with Crippen LogP contribution < -0.4 is 0 Å². The largest absolute Gasteiger partial charge is 0.274 e. The molecule has 1 aromatic carbocycles. The van der Waals surface area contributed by atoms with Crippen LogP contribution >= 0.6 is 12.2 Å². The van der Waals surface area contributed by atoms with Gasteiger partial charge in [-0.05, 0) is 24.4 Å². The minimum absolute atomic E-state index is 0.195. The molecule has 1 aromatic heterocycles. The highest BCUT2D eigenvalue weighted by Crippen LogP contribution is 2.25. The molecule has 0 fully saturated rings. The summed E-state index contributed by atoms with van der Waals surface area (Å²) in [6, 6.07) is 3.23. The molecule has 1 heterocycles. The van der Waals surface area contributed by atoms with Crippen molar-refractivity contribution in [3.63, 3.8) is 0 Å². The second-order valence-electron chi connectivity index (χ2n) is 2.84. The van der Waals surface area contributed by atoms with Crippen LogP contribution in [0.3, 0.4) is 0 Å². The van der Waals surface area contributed by atoms with Crippen molar-refractivity contribution in [1.82, 2.24) is 9.78 Å². The van der Waals surface area contributed by atoms with Gasteiger partial charge in [0.1, 0.15) is 5.69 Å². The number of aromatic nitrogens is 2. The van der Waals surface area contributed by atoms with Crippen molar-refractivity contribution >= 4 is 34.0 Å². The molecule has 0 saturated heterocycles. The highest BCUT2D eigenvalue weighted by molar-refractivity contribution is 7.78. The smallest absolute Gasteiger partial charge is 0.160 e. The first-order valence-electron chi connectivity index (χ1n) is 3.92. The van der Waals surface area contributed by atoms with Gasteiger partial charge in [-0.2, -0.15) is 10.1 Å². The fourth-order valence-corrected chi connectivity index (χ4v) is 1.40. The molecule has 0 aliphatic carbocycles. The van der Waals surface area contributed by atoms with Crippen LogP contribution in [0.2, 0.25) is 0 Å². The van der Waals surface area contributed by atoms with Crippen LogP contribution in [0.15, 0.2) is 23.3 Å². The summed E-state index contributed by atoms with van der Waals surface area (Å²) in [6.45, 7) is 0. The molecule has 0 aliphatic heterocycles. The van der Waals surface area contributed by atoms with E-state index in [0.29, 0.717) is 10.9 Å². The summed E-state index contributed by atoms with van der Waals surface area (Å²) in [5, 5.41) is 6.64. The molecule has 0 saturated carbocycles. The second kappa shape index (κ2) is 3.29. The molecule has 0 bridgehead atoms. The molecule has 2 rings (SSSR count). The predicted molar refractivity (Wildman–Crippen MR) is 55.4 cm³/mol. The van der Waals surface area contributed by atoms with Crippen LogP contribution in [0.25, 0.3) is 10.9 Å². The van der Waals surface area contributed by atoms with Crippen molar-refractivity contribution < 1.29 is 4.39 Å². The molecule has 70 valence electrons. The van der Waals surface area contributed by atoms with Gasteiger partial charge in [0.15, 0.2) is 5.82 Å². The molecular weight excluding hydrogens is 201 g/mol. The predicted octanol–water partition coefficient (Wildman–Crippen LogP) is 2.45. The Kier molecular flexibility index (Phi) is 2.11. The van der Waals surface area contributed by atoms with Gasteiger partial charge in [-0.25, -0.2) is 4.39 Å². The zero-order chi connectivity index (χ0) is 10.1. The molecule has 0 unspecified atom stereocenters. The topological polar surface area (TPSA) is 30.2 Å². The molecule has 14 heavy (non-hydrogen) atoms. The van der Waals surface area contributed by atoms with E-state index < -0.39 is 5.82 Å². The minimum atomic E-state index is -0.409. The first-order valence-corrected chi connectivity index (χ1v) is 4.33. The van der Waals surface area contributed by atoms with Crippen LogP contribution in [0.5, 0.6) is 0 Å². The number of hydrogen-bond acceptors (Lipinski definition) is 3. The van der Waals surface area contributed by atoms with Crippen LogP contribution in [-0.2, 0) is 7.05 Å². The van der Waals surface area contributed by atoms with Gasteiger partial charge < -0.3 is 0 Å². The number of isothiocyanates is 1. The van der Waals surface area contributed by atoms with E-state index in [1.807, 2.05) is 0 Å². The molecule has 0 amide bonds. The number of aliphatic imine (C=N–C) groups is 1. The minimum Gasteiger partial charge on any atom is -0.274 e. The Bertz CT molecular complexity index is 540. The SMILES string of the molecule is Cn1cc2c(F)c(N=C=S)ccc2n1. The summed E-state index contributed by atoms with van der Waals surface area (Å²) >= 11 is 4.42. The van der Waals surface area contributed by atoms with E-state index in [-0.39, 0.29) is 5.69 Å². The average molecular weight is 207 g/mol. The maximum atomic E-state index is 13.6. The number of rotatable bonds is 1. The zero-order valence-electron chi connectivity index (χ0n) is 7.36. The van der Waals surface area contributed by atoms with E-state index in [1.54, 1.807) is 24.0 Å². The standard InChI is InChI=1S/C9H6FN3S/c1-13-4-6-7(12-13)2-3-8(9(6)10)11-5-14/h2-4H,1H3. The van der Waals surface area contributed by atoms with E-state index in [0.717, 1.165) is 0 Å². The summed E-state index contributed by atoms with van der Waals surface area (Å²) < 4.78 is 15.2. The third-order valence-corrected chi connectivity index (χ3v) is 1.98. The summed E-state index contributed by atoms with van der Waals surface area (Å²) in [5.74, 6) is -0.409. The van der Waals surface area contributed by atoms with Crippen LogP contribution in [0, 0.1) is 5.82 Å². The van der Waals surface area contributed by atoms with E-state index >= 15 is 0 Å². The lowest BCUT2D eigenvalue weighted by atomic mass is 10.2. The summed E-state index contributed by atoms with van der Waals surface area (Å²) in [6.07, 6.45) is 1.60. The van der Waals surface area contributed by atoms with Gasteiger partial charge in [0.25, 0.3) is 0 Å². The van der Waals surface area contributed by atoms with E-state index in [1.165, 1.54) is 6.07 Å². The molecule has 0 spiro atoms. The van der Waals surface area contributed by atoms with Crippen molar-refractivity contribution in [2.75, 3.05) is 0 Å². The molecule has 2 aromatic rings. The van der Waals surface area contributed by atoms with Gasteiger partial charge in [-0.1, -0.05) is 0 Å². The highest BCUT2D eigenvalue weighted by atomic mass is 32.1. The maximum absolute atomic E-state index is 13.6. The molecule has 3 nitrogen and oxygen atoms in total. The van der Waals surface area contributed by atoms with Crippen LogP contribution in [-0.4, -0.2) is 14.9 Å². The fourth-order valence-electron chi connectivity index (χ4n) is 1.30. The van der Waals surface area contributed by atoms with Crippen molar-refractivity contribution in [2.24, 2.45) is 12.0 Å². The Morgan fingerprint density at radius 3 is 3.07 bits per heavy atom. The average Bonchev–Trinajstić information content (AvgIpc) is 2.52. The van der Waals surface area contributed by atoms with Crippen LogP contribution in [0.4, 0.5) is 10.1 Å². The monoisotopic (exact) mass is 207 g/mol. The highest BCUT2D eigenvalue weighted by Gasteiger charge is 2.08. The van der Waals surface area contributed by atoms with E-state index in [2.05, 4.69) is 27.5 Å². The molecule has 0 aliphatic rings. The lowest BCUT2D eigenvalue weighted by Crippen LogP contribution is -1.84.